The molecule has 1 rings (SSSR count). The first-order chi connectivity index (χ1) is 7.41. The molecule has 0 aromatic heterocycles. The Labute approximate surface area is 101 Å². The quantitative estimate of drug-likeness (QED) is 0.883. The van der Waals surface area contributed by atoms with E-state index in [0.29, 0.717) is 5.56 Å². The number of aliphatic hydroxyl groups is 1. The first-order valence-corrected chi connectivity index (χ1v) is 5.39. The number of rotatable bonds is 4. The second-order valence-corrected chi connectivity index (χ2v) is 4.38. The standard InChI is InChI=1S/C11H11BrO4/c1-6(13)4-7-5-8(12)2-3-9(7)10(14)11(15)16/h2-3,5,10,14H,4H2,1H3,(H,15,16). The fourth-order valence-electron chi connectivity index (χ4n) is 1.40. The van der Waals surface area contributed by atoms with Crippen molar-refractivity contribution in [2.45, 2.75) is 19.4 Å². The molecule has 0 amide bonds. The third kappa shape index (κ3) is 3.15. The summed E-state index contributed by atoms with van der Waals surface area (Å²) in [7, 11) is 0. The van der Waals surface area contributed by atoms with Crippen LogP contribution >= 0.6 is 15.9 Å². The van der Waals surface area contributed by atoms with Gasteiger partial charge in [-0.25, -0.2) is 4.79 Å². The normalized spacial score (nSPS) is 12.2. The largest absolute Gasteiger partial charge is 0.479 e. The SMILES string of the molecule is CC(=O)Cc1cc(Br)ccc1C(O)C(=O)O. The summed E-state index contributed by atoms with van der Waals surface area (Å²) in [4.78, 5) is 21.7. The lowest BCUT2D eigenvalue weighted by molar-refractivity contribution is -0.147. The molecular formula is C11H11BrO4. The van der Waals surface area contributed by atoms with Crippen molar-refractivity contribution in [3.63, 3.8) is 0 Å². The van der Waals surface area contributed by atoms with Crippen molar-refractivity contribution in [1.29, 1.82) is 0 Å². The van der Waals surface area contributed by atoms with Crippen molar-refractivity contribution in [2.75, 3.05) is 0 Å². The summed E-state index contributed by atoms with van der Waals surface area (Å²) in [5, 5.41) is 18.2. The van der Waals surface area contributed by atoms with Gasteiger partial charge in [0.1, 0.15) is 5.78 Å². The van der Waals surface area contributed by atoms with Gasteiger partial charge in [0, 0.05) is 10.9 Å². The third-order valence-corrected chi connectivity index (χ3v) is 2.57. The van der Waals surface area contributed by atoms with Crippen LogP contribution in [0.15, 0.2) is 22.7 Å². The number of carboxylic acid groups (broad SMARTS) is 1. The van der Waals surface area contributed by atoms with Gasteiger partial charge in [-0.1, -0.05) is 22.0 Å². The maximum atomic E-state index is 11.0. The number of halogens is 1. The second kappa shape index (κ2) is 5.23. The molecule has 1 unspecified atom stereocenters. The minimum Gasteiger partial charge on any atom is -0.479 e. The van der Waals surface area contributed by atoms with Gasteiger partial charge in [0.25, 0.3) is 0 Å². The molecule has 16 heavy (non-hydrogen) atoms. The fraction of sp³-hybridized carbons (Fsp3) is 0.273. The Kier molecular flexibility index (Phi) is 4.20. The van der Waals surface area contributed by atoms with E-state index >= 15 is 0 Å². The average molecular weight is 287 g/mol. The molecule has 0 radical (unpaired) electrons. The molecule has 86 valence electrons. The van der Waals surface area contributed by atoms with Crippen LogP contribution in [0.4, 0.5) is 0 Å². The Bertz CT molecular complexity index is 428. The summed E-state index contributed by atoms with van der Waals surface area (Å²) in [6.45, 7) is 1.41. The van der Waals surface area contributed by atoms with E-state index < -0.39 is 12.1 Å². The van der Waals surface area contributed by atoms with Crippen LogP contribution in [0.5, 0.6) is 0 Å². The molecule has 0 spiro atoms. The number of Topliss-reactive ketones (excluding diaryl/α,β-unsaturated/α-hetero) is 1. The van der Waals surface area contributed by atoms with E-state index in [0.717, 1.165) is 4.47 Å². The summed E-state index contributed by atoms with van der Waals surface area (Å²) in [6.07, 6.45) is -1.48. The third-order valence-electron chi connectivity index (χ3n) is 2.07. The van der Waals surface area contributed by atoms with Crippen molar-refractivity contribution < 1.29 is 19.8 Å². The zero-order valence-corrected chi connectivity index (χ0v) is 10.2. The number of carboxylic acids is 1. The first kappa shape index (κ1) is 12.9. The maximum absolute atomic E-state index is 11.0. The molecule has 0 saturated carbocycles. The fourth-order valence-corrected chi connectivity index (χ4v) is 1.80. The molecule has 2 N–H and O–H groups in total. The predicted octanol–water partition coefficient (Wildman–Crippen LogP) is 1.70. The topological polar surface area (TPSA) is 74.6 Å². The average Bonchev–Trinajstić information content (AvgIpc) is 2.15. The van der Waals surface area contributed by atoms with Gasteiger partial charge in [-0.2, -0.15) is 0 Å². The lowest BCUT2D eigenvalue weighted by atomic mass is 9.98. The maximum Gasteiger partial charge on any atom is 0.337 e. The predicted molar refractivity (Wildman–Crippen MR) is 61.1 cm³/mol. The van der Waals surface area contributed by atoms with Crippen LogP contribution in [0.1, 0.15) is 24.2 Å². The van der Waals surface area contributed by atoms with Gasteiger partial charge in [0.15, 0.2) is 6.10 Å². The molecular weight excluding hydrogens is 276 g/mol. The van der Waals surface area contributed by atoms with Crippen LogP contribution < -0.4 is 0 Å². The van der Waals surface area contributed by atoms with Gasteiger partial charge in [-0.15, -0.1) is 0 Å². The minimum atomic E-state index is -1.59. The number of carbonyl (C=O) groups is 2. The van der Waals surface area contributed by atoms with Crippen LogP contribution in [-0.2, 0) is 16.0 Å². The van der Waals surface area contributed by atoms with E-state index in [-0.39, 0.29) is 17.8 Å². The van der Waals surface area contributed by atoms with Crippen molar-refractivity contribution in [2.24, 2.45) is 0 Å². The van der Waals surface area contributed by atoms with Gasteiger partial charge < -0.3 is 10.2 Å². The number of aliphatic hydroxyl groups excluding tert-OH is 1. The molecule has 0 heterocycles. The summed E-state index contributed by atoms with van der Waals surface area (Å²) >= 11 is 3.23. The van der Waals surface area contributed by atoms with E-state index in [1.807, 2.05) is 0 Å². The minimum absolute atomic E-state index is 0.0862. The molecule has 5 heteroatoms. The Hall–Kier alpha value is -1.20. The zero-order chi connectivity index (χ0) is 12.3. The molecule has 4 nitrogen and oxygen atoms in total. The van der Waals surface area contributed by atoms with E-state index in [2.05, 4.69) is 15.9 Å². The molecule has 0 aliphatic rings. The molecule has 0 fully saturated rings. The molecule has 0 bridgehead atoms. The lowest BCUT2D eigenvalue weighted by Gasteiger charge is -2.11. The van der Waals surface area contributed by atoms with Crippen LogP contribution in [0, 0.1) is 0 Å². The number of hydrogen-bond donors (Lipinski definition) is 2. The highest BCUT2D eigenvalue weighted by Gasteiger charge is 2.20. The van der Waals surface area contributed by atoms with Crippen LogP contribution in [0.2, 0.25) is 0 Å². The number of ketones is 1. The van der Waals surface area contributed by atoms with E-state index in [1.165, 1.54) is 13.0 Å². The van der Waals surface area contributed by atoms with Crippen molar-refractivity contribution in [3.8, 4) is 0 Å². The highest BCUT2D eigenvalue weighted by Crippen LogP contribution is 2.23. The zero-order valence-electron chi connectivity index (χ0n) is 8.61. The summed E-state index contributed by atoms with van der Waals surface area (Å²) in [5.74, 6) is -1.41. The van der Waals surface area contributed by atoms with Gasteiger partial charge in [0.2, 0.25) is 0 Å². The van der Waals surface area contributed by atoms with Crippen LogP contribution in [0.25, 0.3) is 0 Å². The Balaban J connectivity index is 3.16. The Morgan fingerprint density at radius 2 is 2.06 bits per heavy atom. The van der Waals surface area contributed by atoms with E-state index in [9.17, 15) is 14.7 Å². The summed E-state index contributed by atoms with van der Waals surface area (Å²) in [6, 6.07) is 4.77. The molecule has 0 aliphatic carbocycles. The molecule has 1 aromatic rings. The number of benzene rings is 1. The van der Waals surface area contributed by atoms with Gasteiger partial charge >= 0.3 is 5.97 Å². The lowest BCUT2D eigenvalue weighted by Crippen LogP contribution is -2.14. The Morgan fingerprint density at radius 1 is 1.44 bits per heavy atom. The number of hydrogen-bond acceptors (Lipinski definition) is 3. The van der Waals surface area contributed by atoms with Gasteiger partial charge in [0.05, 0.1) is 0 Å². The first-order valence-electron chi connectivity index (χ1n) is 4.60. The number of carbonyl (C=O) groups excluding carboxylic acids is 1. The van der Waals surface area contributed by atoms with Crippen molar-refractivity contribution in [3.05, 3.63) is 33.8 Å². The second-order valence-electron chi connectivity index (χ2n) is 3.46. The van der Waals surface area contributed by atoms with Crippen LogP contribution in [0.3, 0.4) is 0 Å². The smallest absolute Gasteiger partial charge is 0.337 e. The van der Waals surface area contributed by atoms with Gasteiger partial charge in [-0.3, -0.25) is 4.79 Å². The van der Waals surface area contributed by atoms with Gasteiger partial charge in [-0.05, 0) is 30.2 Å². The van der Waals surface area contributed by atoms with E-state index in [4.69, 9.17) is 5.11 Å². The molecule has 0 aliphatic heterocycles. The monoisotopic (exact) mass is 286 g/mol. The van der Waals surface area contributed by atoms with E-state index in [1.54, 1.807) is 12.1 Å². The molecule has 1 aromatic carbocycles. The summed E-state index contributed by atoms with van der Waals surface area (Å²) < 4.78 is 0.741. The Morgan fingerprint density at radius 3 is 2.56 bits per heavy atom. The van der Waals surface area contributed by atoms with Crippen molar-refractivity contribution in [1.82, 2.24) is 0 Å². The molecule has 0 saturated heterocycles. The number of aliphatic carboxylic acids is 1. The highest BCUT2D eigenvalue weighted by molar-refractivity contribution is 9.10. The summed E-state index contributed by atoms with van der Waals surface area (Å²) in [5.41, 5.74) is 0.780. The highest BCUT2D eigenvalue weighted by atomic mass is 79.9. The molecule has 1 atom stereocenters. The van der Waals surface area contributed by atoms with Crippen LogP contribution in [-0.4, -0.2) is 22.0 Å². The van der Waals surface area contributed by atoms with Crippen molar-refractivity contribution >= 4 is 27.7 Å².